The highest BCUT2D eigenvalue weighted by Crippen LogP contribution is 2.34. The van der Waals surface area contributed by atoms with Gasteiger partial charge in [-0.1, -0.05) is 36.4 Å². The van der Waals surface area contributed by atoms with Crippen LogP contribution in [0.1, 0.15) is 26.5 Å². The first kappa shape index (κ1) is 20.0. The number of rotatable bonds is 7. The lowest BCUT2D eigenvalue weighted by Gasteiger charge is -2.16. The molecule has 0 spiro atoms. The van der Waals surface area contributed by atoms with Gasteiger partial charge in [0, 0.05) is 19.8 Å². The summed E-state index contributed by atoms with van der Waals surface area (Å²) in [5.74, 6) is 0.743. The van der Waals surface area contributed by atoms with Crippen LogP contribution in [0.15, 0.2) is 61.1 Å². The molecule has 0 aliphatic heterocycles. The van der Waals surface area contributed by atoms with Gasteiger partial charge in [-0.2, -0.15) is 0 Å². The van der Waals surface area contributed by atoms with Crippen molar-refractivity contribution in [3.05, 3.63) is 82.8 Å². The van der Waals surface area contributed by atoms with Gasteiger partial charge >= 0.3 is 0 Å². The number of carbonyl (C=O) groups is 1. The SMILES string of the molecule is Cc1c(C(=O)N(C)CCc2ccccc2)sc2ncnc(NCc3ccccn3)c12. The maximum absolute atomic E-state index is 13.1. The van der Waals surface area contributed by atoms with E-state index < -0.39 is 0 Å². The predicted molar refractivity (Wildman–Crippen MR) is 121 cm³/mol. The second-order valence-electron chi connectivity index (χ2n) is 7.10. The number of fused-ring (bicyclic) bond motifs is 1. The lowest BCUT2D eigenvalue weighted by atomic mass is 10.1. The Balaban J connectivity index is 1.53. The molecule has 152 valence electrons. The van der Waals surface area contributed by atoms with Crippen LogP contribution in [0.5, 0.6) is 0 Å². The fourth-order valence-electron chi connectivity index (χ4n) is 3.30. The lowest BCUT2D eigenvalue weighted by Crippen LogP contribution is -2.28. The van der Waals surface area contributed by atoms with Crippen molar-refractivity contribution in [2.24, 2.45) is 0 Å². The van der Waals surface area contributed by atoms with Gasteiger partial charge in [0.05, 0.1) is 22.5 Å². The zero-order chi connectivity index (χ0) is 20.9. The number of carbonyl (C=O) groups excluding carboxylic acids is 1. The van der Waals surface area contributed by atoms with Crippen LogP contribution < -0.4 is 5.32 Å². The molecule has 4 aromatic rings. The average Bonchev–Trinajstić information content (AvgIpc) is 3.14. The lowest BCUT2D eigenvalue weighted by molar-refractivity contribution is 0.0801. The van der Waals surface area contributed by atoms with E-state index in [1.54, 1.807) is 11.1 Å². The number of benzene rings is 1. The van der Waals surface area contributed by atoms with Gasteiger partial charge in [0.25, 0.3) is 5.91 Å². The topological polar surface area (TPSA) is 71.0 Å². The van der Waals surface area contributed by atoms with E-state index in [0.29, 0.717) is 18.0 Å². The molecule has 0 saturated heterocycles. The molecule has 30 heavy (non-hydrogen) atoms. The zero-order valence-corrected chi connectivity index (χ0v) is 17.8. The van der Waals surface area contributed by atoms with Crippen molar-refractivity contribution in [2.45, 2.75) is 19.9 Å². The van der Waals surface area contributed by atoms with Crippen molar-refractivity contribution < 1.29 is 4.79 Å². The first-order valence-electron chi connectivity index (χ1n) is 9.80. The maximum Gasteiger partial charge on any atom is 0.264 e. The highest BCUT2D eigenvalue weighted by atomic mass is 32.1. The van der Waals surface area contributed by atoms with E-state index in [4.69, 9.17) is 0 Å². The van der Waals surface area contributed by atoms with Crippen LogP contribution in [0.25, 0.3) is 10.2 Å². The Morgan fingerprint density at radius 1 is 1.07 bits per heavy atom. The number of hydrogen-bond donors (Lipinski definition) is 1. The fraction of sp³-hybridized carbons (Fsp3) is 0.217. The van der Waals surface area contributed by atoms with Crippen molar-refractivity contribution >= 4 is 33.3 Å². The molecule has 0 bridgehead atoms. The minimum atomic E-state index is 0.0158. The Bertz CT molecular complexity index is 1140. The van der Waals surface area contributed by atoms with Gasteiger partial charge < -0.3 is 10.2 Å². The van der Waals surface area contributed by atoms with Crippen LogP contribution in [0.3, 0.4) is 0 Å². The van der Waals surface area contributed by atoms with E-state index in [1.165, 1.54) is 23.2 Å². The van der Waals surface area contributed by atoms with Crippen LogP contribution in [0, 0.1) is 6.92 Å². The third-order valence-electron chi connectivity index (χ3n) is 5.01. The van der Waals surface area contributed by atoms with E-state index >= 15 is 0 Å². The molecule has 1 aromatic carbocycles. The summed E-state index contributed by atoms with van der Waals surface area (Å²) in [4.78, 5) is 29.5. The van der Waals surface area contributed by atoms with E-state index in [2.05, 4.69) is 32.4 Å². The molecule has 3 heterocycles. The molecule has 4 rings (SSSR count). The molecule has 0 aliphatic rings. The number of hydrogen-bond acceptors (Lipinski definition) is 6. The van der Waals surface area contributed by atoms with Crippen LogP contribution in [0.2, 0.25) is 0 Å². The third-order valence-corrected chi connectivity index (χ3v) is 6.20. The molecule has 0 radical (unpaired) electrons. The standard InChI is InChI=1S/C23H23N5OS/c1-16-19-21(25-14-18-10-6-7-12-24-18)26-15-27-22(19)30-20(16)23(29)28(2)13-11-17-8-4-3-5-9-17/h3-10,12,15H,11,13-14H2,1-2H3,(H,25,26,27). The van der Waals surface area contributed by atoms with Gasteiger partial charge in [0.1, 0.15) is 17.0 Å². The smallest absolute Gasteiger partial charge is 0.264 e. The van der Waals surface area contributed by atoms with Gasteiger partial charge in [0.2, 0.25) is 0 Å². The monoisotopic (exact) mass is 417 g/mol. The van der Waals surface area contributed by atoms with Gasteiger partial charge in [-0.05, 0) is 36.6 Å². The molecule has 3 aromatic heterocycles. The highest BCUT2D eigenvalue weighted by Gasteiger charge is 2.21. The summed E-state index contributed by atoms with van der Waals surface area (Å²) in [6, 6.07) is 16.0. The Morgan fingerprint density at radius 2 is 1.87 bits per heavy atom. The van der Waals surface area contributed by atoms with Crippen molar-refractivity contribution in [1.82, 2.24) is 19.9 Å². The van der Waals surface area contributed by atoms with Crippen LogP contribution >= 0.6 is 11.3 Å². The Kier molecular flexibility index (Phi) is 5.99. The van der Waals surface area contributed by atoms with Crippen LogP contribution in [-0.4, -0.2) is 39.4 Å². The molecule has 0 aliphatic carbocycles. The fourth-order valence-corrected chi connectivity index (χ4v) is 4.45. The number of nitrogens with zero attached hydrogens (tertiary/aromatic N) is 4. The highest BCUT2D eigenvalue weighted by molar-refractivity contribution is 7.20. The summed E-state index contributed by atoms with van der Waals surface area (Å²) in [5, 5.41) is 4.24. The number of aromatic nitrogens is 3. The summed E-state index contributed by atoms with van der Waals surface area (Å²) in [7, 11) is 1.85. The van der Waals surface area contributed by atoms with Crippen molar-refractivity contribution in [1.29, 1.82) is 0 Å². The minimum absolute atomic E-state index is 0.0158. The molecule has 1 N–H and O–H groups in total. The molecule has 0 fully saturated rings. The summed E-state index contributed by atoms with van der Waals surface area (Å²) < 4.78 is 0. The summed E-state index contributed by atoms with van der Waals surface area (Å²) >= 11 is 1.42. The number of pyridine rings is 1. The van der Waals surface area contributed by atoms with Crippen molar-refractivity contribution in [2.75, 3.05) is 18.9 Å². The Labute approximate surface area is 179 Å². The van der Waals surface area contributed by atoms with E-state index in [9.17, 15) is 4.79 Å². The molecule has 0 atom stereocenters. The molecular weight excluding hydrogens is 394 g/mol. The average molecular weight is 418 g/mol. The Morgan fingerprint density at radius 3 is 2.63 bits per heavy atom. The van der Waals surface area contributed by atoms with E-state index in [0.717, 1.165) is 33.7 Å². The van der Waals surface area contributed by atoms with E-state index in [-0.39, 0.29) is 5.91 Å². The van der Waals surface area contributed by atoms with Crippen molar-refractivity contribution in [3.8, 4) is 0 Å². The molecule has 6 nitrogen and oxygen atoms in total. The number of amides is 1. The molecule has 0 saturated carbocycles. The van der Waals surface area contributed by atoms with Gasteiger partial charge in [-0.3, -0.25) is 9.78 Å². The summed E-state index contributed by atoms with van der Waals surface area (Å²) in [6.45, 7) is 3.18. The molecule has 0 unspecified atom stereocenters. The van der Waals surface area contributed by atoms with Crippen LogP contribution in [0.4, 0.5) is 5.82 Å². The quantitative estimate of drug-likeness (QED) is 0.485. The molecule has 1 amide bonds. The number of anilines is 1. The predicted octanol–water partition coefficient (Wildman–Crippen LogP) is 4.32. The van der Waals surface area contributed by atoms with Gasteiger partial charge in [-0.15, -0.1) is 11.3 Å². The number of nitrogens with one attached hydrogen (secondary N) is 1. The van der Waals surface area contributed by atoms with Crippen LogP contribution in [-0.2, 0) is 13.0 Å². The van der Waals surface area contributed by atoms with Crippen molar-refractivity contribution in [3.63, 3.8) is 0 Å². The number of thiophene rings is 1. The van der Waals surface area contributed by atoms with E-state index in [1.807, 2.05) is 50.4 Å². The second-order valence-corrected chi connectivity index (χ2v) is 8.09. The van der Waals surface area contributed by atoms with Gasteiger partial charge in [-0.25, -0.2) is 9.97 Å². The first-order valence-corrected chi connectivity index (χ1v) is 10.6. The Hall–Kier alpha value is -3.32. The third kappa shape index (κ3) is 4.31. The number of likely N-dealkylation sites (N-methyl/N-ethyl adjacent to an activating group) is 1. The minimum Gasteiger partial charge on any atom is -0.364 e. The zero-order valence-electron chi connectivity index (χ0n) is 17.0. The molecular formula is C23H23N5OS. The second kappa shape index (κ2) is 9.00. The normalized spacial score (nSPS) is 10.9. The van der Waals surface area contributed by atoms with Gasteiger partial charge in [0.15, 0.2) is 0 Å². The molecule has 7 heteroatoms. The summed E-state index contributed by atoms with van der Waals surface area (Å²) in [5.41, 5.74) is 3.06. The summed E-state index contributed by atoms with van der Waals surface area (Å²) in [6.07, 6.45) is 4.13. The maximum atomic E-state index is 13.1. The largest absolute Gasteiger partial charge is 0.364 e. The number of aryl methyl sites for hydroxylation is 1. The first-order chi connectivity index (χ1) is 14.6.